The number of amides is 2. The molecule has 0 heterocycles. The van der Waals surface area contributed by atoms with Crippen LogP contribution in [0, 0.1) is 0 Å². The molecule has 33 heavy (non-hydrogen) atoms. The normalized spacial score (nSPS) is 13.5. The molecule has 1 aliphatic carbocycles. The molecule has 0 radical (unpaired) electrons. The summed E-state index contributed by atoms with van der Waals surface area (Å²) in [5, 5.41) is 14.7. The molecule has 3 N–H and O–H groups in total. The highest BCUT2D eigenvalue weighted by Gasteiger charge is 2.39. The average molecular weight is 453 g/mol. The van der Waals surface area contributed by atoms with Gasteiger partial charge in [-0.15, -0.1) is 0 Å². The molecule has 176 valence electrons. The minimum Gasteiger partial charge on any atom is -0.480 e. The van der Waals surface area contributed by atoms with E-state index in [0.717, 1.165) is 22.3 Å². The number of benzene rings is 2. The van der Waals surface area contributed by atoms with Gasteiger partial charge in [-0.2, -0.15) is 0 Å². The summed E-state index contributed by atoms with van der Waals surface area (Å²) in [6.07, 6.45) is 0.839. The second-order valence-electron chi connectivity index (χ2n) is 8.39. The first-order chi connectivity index (χ1) is 15.9. The topological polar surface area (TPSA) is 105 Å². The van der Waals surface area contributed by atoms with E-state index < -0.39 is 29.6 Å². The van der Waals surface area contributed by atoms with Crippen LogP contribution in [-0.4, -0.2) is 41.3 Å². The number of carboxylic acid groups (broad SMARTS) is 1. The second-order valence-corrected chi connectivity index (χ2v) is 8.39. The molecular formula is C26H32N2O5. The third-order valence-corrected chi connectivity index (χ3v) is 6.51. The predicted octanol–water partition coefficient (Wildman–Crippen LogP) is 4.45. The van der Waals surface area contributed by atoms with E-state index in [1.807, 2.05) is 43.3 Å². The van der Waals surface area contributed by atoms with Gasteiger partial charge in [-0.3, -0.25) is 4.79 Å². The number of nitrogens with one attached hydrogen (secondary N) is 2. The van der Waals surface area contributed by atoms with Gasteiger partial charge in [0, 0.05) is 5.92 Å². The van der Waals surface area contributed by atoms with Gasteiger partial charge in [0.25, 0.3) is 0 Å². The SMILES string of the molecule is CCC[C@H](NC(=O)C(CC)(CC)NC(=O)OCC1c2ccccc2-c2ccccc21)C(=O)O. The highest BCUT2D eigenvalue weighted by Crippen LogP contribution is 2.44. The van der Waals surface area contributed by atoms with Gasteiger partial charge in [0.1, 0.15) is 18.2 Å². The van der Waals surface area contributed by atoms with Crippen LogP contribution in [0.1, 0.15) is 63.5 Å². The molecule has 0 saturated heterocycles. The van der Waals surface area contributed by atoms with Gasteiger partial charge in [-0.05, 0) is 41.5 Å². The molecule has 2 aromatic carbocycles. The number of rotatable bonds is 10. The Morgan fingerprint density at radius 1 is 0.970 bits per heavy atom. The predicted molar refractivity (Wildman–Crippen MR) is 126 cm³/mol. The Hall–Kier alpha value is -3.35. The summed E-state index contributed by atoms with van der Waals surface area (Å²) in [6, 6.07) is 15.1. The molecular weight excluding hydrogens is 420 g/mol. The van der Waals surface area contributed by atoms with Crippen LogP contribution in [0.25, 0.3) is 11.1 Å². The van der Waals surface area contributed by atoms with Crippen LogP contribution in [0.15, 0.2) is 48.5 Å². The monoisotopic (exact) mass is 452 g/mol. The Morgan fingerprint density at radius 3 is 2.00 bits per heavy atom. The fourth-order valence-corrected chi connectivity index (χ4v) is 4.48. The van der Waals surface area contributed by atoms with E-state index in [-0.39, 0.29) is 12.5 Å². The van der Waals surface area contributed by atoms with Gasteiger partial charge in [0.15, 0.2) is 0 Å². The van der Waals surface area contributed by atoms with Gasteiger partial charge < -0.3 is 20.5 Å². The summed E-state index contributed by atoms with van der Waals surface area (Å²) < 4.78 is 5.60. The third kappa shape index (κ3) is 5.02. The maximum Gasteiger partial charge on any atom is 0.408 e. The Balaban J connectivity index is 1.71. The zero-order chi connectivity index (χ0) is 24.0. The molecule has 0 fully saturated rings. The van der Waals surface area contributed by atoms with Crippen molar-refractivity contribution >= 4 is 18.0 Å². The number of hydrogen-bond donors (Lipinski definition) is 3. The maximum absolute atomic E-state index is 13.0. The molecule has 0 aliphatic heterocycles. The maximum atomic E-state index is 13.0. The van der Waals surface area contributed by atoms with Crippen LogP contribution in [0.3, 0.4) is 0 Å². The summed E-state index contributed by atoms with van der Waals surface area (Å²) in [6.45, 7) is 5.55. The van der Waals surface area contributed by atoms with Crippen LogP contribution in [0.4, 0.5) is 4.79 Å². The number of aliphatic carboxylic acids is 1. The number of carbonyl (C=O) groups excluding carboxylic acids is 2. The molecule has 0 bridgehead atoms. The van der Waals surface area contributed by atoms with Crippen LogP contribution < -0.4 is 10.6 Å². The van der Waals surface area contributed by atoms with Gasteiger partial charge in [0.2, 0.25) is 5.91 Å². The van der Waals surface area contributed by atoms with Crippen molar-refractivity contribution in [1.82, 2.24) is 10.6 Å². The smallest absolute Gasteiger partial charge is 0.408 e. The van der Waals surface area contributed by atoms with E-state index in [1.54, 1.807) is 13.8 Å². The number of alkyl carbamates (subject to hydrolysis) is 1. The zero-order valence-electron chi connectivity index (χ0n) is 19.4. The minimum absolute atomic E-state index is 0.0874. The number of fused-ring (bicyclic) bond motifs is 3. The summed E-state index contributed by atoms with van der Waals surface area (Å²) in [4.78, 5) is 37.2. The molecule has 2 amide bonds. The lowest BCUT2D eigenvalue weighted by Crippen LogP contribution is -2.60. The summed E-state index contributed by atoms with van der Waals surface area (Å²) in [5.41, 5.74) is 3.22. The van der Waals surface area contributed by atoms with Gasteiger partial charge in [-0.1, -0.05) is 75.7 Å². The van der Waals surface area contributed by atoms with Gasteiger partial charge >= 0.3 is 12.1 Å². The van der Waals surface area contributed by atoms with E-state index in [0.29, 0.717) is 25.7 Å². The van der Waals surface area contributed by atoms with E-state index in [9.17, 15) is 19.5 Å². The van der Waals surface area contributed by atoms with Crippen molar-refractivity contribution in [2.45, 2.75) is 64.0 Å². The number of hydrogen-bond acceptors (Lipinski definition) is 4. The Morgan fingerprint density at radius 2 is 1.52 bits per heavy atom. The number of carboxylic acids is 1. The number of carbonyl (C=O) groups is 3. The van der Waals surface area contributed by atoms with Crippen molar-refractivity contribution in [3.8, 4) is 11.1 Å². The van der Waals surface area contributed by atoms with Crippen molar-refractivity contribution in [3.05, 3.63) is 59.7 Å². The van der Waals surface area contributed by atoms with Gasteiger partial charge in [0.05, 0.1) is 0 Å². The number of ether oxygens (including phenoxy) is 1. The van der Waals surface area contributed by atoms with E-state index in [2.05, 4.69) is 22.8 Å². The van der Waals surface area contributed by atoms with Crippen LogP contribution in [0.2, 0.25) is 0 Å². The molecule has 0 spiro atoms. The molecule has 0 saturated carbocycles. The lowest BCUT2D eigenvalue weighted by Gasteiger charge is -2.32. The largest absolute Gasteiger partial charge is 0.480 e. The fourth-order valence-electron chi connectivity index (χ4n) is 4.48. The zero-order valence-corrected chi connectivity index (χ0v) is 19.4. The van der Waals surface area contributed by atoms with Crippen molar-refractivity contribution in [1.29, 1.82) is 0 Å². The lowest BCUT2D eigenvalue weighted by atomic mass is 9.91. The molecule has 1 aliphatic rings. The highest BCUT2D eigenvalue weighted by molar-refractivity contribution is 5.92. The Labute approximate surface area is 194 Å². The molecule has 0 aromatic heterocycles. The Kier molecular flexibility index (Phi) is 7.74. The summed E-state index contributed by atoms with van der Waals surface area (Å²) in [5.74, 6) is -1.69. The highest BCUT2D eigenvalue weighted by atomic mass is 16.5. The Bertz CT molecular complexity index is 970. The molecule has 7 nitrogen and oxygen atoms in total. The van der Waals surface area contributed by atoms with Crippen molar-refractivity contribution in [3.63, 3.8) is 0 Å². The molecule has 0 unspecified atom stereocenters. The minimum atomic E-state index is -1.25. The first kappa shape index (κ1) is 24.3. The van der Waals surface area contributed by atoms with E-state index >= 15 is 0 Å². The van der Waals surface area contributed by atoms with Crippen LogP contribution >= 0.6 is 0 Å². The molecule has 3 rings (SSSR count). The quantitative estimate of drug-likeness (QED) is 0.494. The molecule has 2 aromatic rings. The second kappa shape index (κ2) is 10.5. The molecule has 1 atom stereocenters. The molecule has 7 heteroatoms. The van der Waals surface area contributed by atoms with E-state index in [1.165, 1.54) is 0 Å². The van der Waals surface area contributed by atoms with Crippen LogP contribution in [0.5, 0.6) is 0 Å². The third-order valence-electron chi connectivity index (χ3n) is 6.51. The van der Waals surface area contributed by atoms with E-state index in [4.69, 9.17) is 4.74 Å². The van der Waals surface area contributed by atoms with Crippen molar-refractivity contribution in [2.24, 2.45) is 0 Å². The van der Waals surface area contributed by atoms with Crippen LogP contribution in [-0.2, 0) is 14.3 Å². The summed E-state index contributed by atoms with van der Waals surface area (Å²) >= 11 is 0. The first-order valence-corrected chi connectivity index (χ1v) is 11.5. The summed E-state index contributed by atoms with van der Waals surface area (Å²) in [7, 11) is 0. The van der Waals surface area contributed by atoms with Crippen molar-refractivity contribution in [2.75, 3.05) is 6.61 Å². The van der Waals surface area contributed by atoms with Gasteiger partial charge in [-0.25, -0.2) is 9.59 Å². The fraction of sp³-hybridized carbons (Fsp3) is 0.423. The average Bonchev–Trinajstić information content (AvgIpc) is 3.14. The van der Waals surface area contributed by atoms with Crippen molar-refractivity contribution < 1.29 is 24.2 Å². The first-order valence-electron chi connectivity index (χ1n) is 11.5. The lowest BCUT2D eigenvalue weighted by molar-refractivity contribution is -0.143. The standard InChI is InChI=1S/C26H32N2O5/c1-4-11-22(23(29)30)27-24(31)26(5-2,6-3)28-25(32)33-16-21-19-14-9-7-12-17(19)18-13-8-10-15-20(18)21/h7-10,12-15,21-22H,4-6,11,16H2,1-3H3,(H,27,31)(H,28,32)(H,29,30)/t22-/m0/s1.